The molecule has 1 aliphatic heterocycles. The van der Waals surface area contributed by atoms with E-state index in [1.54, 1.807) is 14.2 Å². The Morgan fingerprint density at radius 2 is 1.95 bits per heavy atom. The van der Waals surface area contributed by atoms with Gasteiger partial charge in [-0.3, -0.25) is 4.90 Å². The highest BCUT2D eigenvalue weighted by molar-refractivity contribution is 9.10. The zero-order valence-corrected chi connectivity index (χ0v) is 12.9. The van der Waals surface area contributed by atoms with Crippen LogP contribution in [0.4, 0.5) is 0 Å². The molecule has 1 heterocycles. The second kappa shape index (κ2) is 6.59. The van der Waals surface area contributed by atoms with Crippen molar-refractivity contribution in [1.29, 1.82) is 0 Å². The molecule has 0 radical (unpaired) electrons. The summed E-state index contributed by atoms with van der Waals surface area (Å²) in [7, 11) is 3.28. The van der Waals surface area contributed by atoms with Gasteiger partial charge >= 0.3 is 0 Å². The summed E-state index contributed by atoms with van der Waals surface area (Å²) >= 11 is 3.59. The minimum absolute atomic E-state index is 0.134. The first-order valence-corrected chi connectivity index (χ1v) is 7.24. The fraction of sp³-hybridized carbons (Fsp3) is 0.571. The molecule has 1 aromatic rings. The van der Waals surface area contributed by atoms with Gasteiger partial charge in [0, 0.05) is 19.6 Å². The Morgan fingerprint density at radius 1 is 1.26 bits per heavy atom. The third kappa shape index (κ3) is 3.41. The summed E-state index contributed by atoms with van der Waals surface area (Å²) in [5, 5.41) is 9.53. The fourth-order valence-corrected chi connectivity index (χ4v) is 2.99. The minimum Gasteiger partial charge on any atom is -0.493 e. The van der Waals surface area contributed by atoms with Gasteiger partial charge in [-0.2, -0.15) is 0 Å². The Morgan fingerprint density at radius 3 is 2.53 bits per heavy atom. The second-order valence-corrected chi connectivity index (χ2v) is 5.57. The van der Waals surface area contributed by atoms with E-state index in [1.807, 2.05) is 6.07 Å². The summed E-state index contributed by atoms with van der Waals surface area (Å²) < 4.78 is 11.6. The zero-order valence-electron chi connectivity index (χ0n) is 11.4. The van der Waals surface area contributed by atoms with Crippen molar-refractivity contribution in [1.82, 2.24) is 4.90 Å². The van der Waals surface area contributed by atoms with Crippen molar-refractivity contribution >= 4 is 15.9 Å². The fourth-order valence-electron chi connectivity index (χ4n) is 2.37. The molecule has 0 amide bonds. The number of nitrogens with zero attached hydrogens (tertiary/aromatic N) is 1. The predicted molar refractivity (Wildman–Crippen MR) is 77.8 cm³/mol. The largest absolute Gasteiger partial charge is 0.493 e. The molecule has 1 saturated heterocycles. The van der Waals surface area contributed by atoms with E-state index < -0.39 is 0 Å². The van der Waals surface area contributed by atoms with E-state index in [2.05, 4.69) is 26.9 Å². The lowest BCUT2D eigenvalue weighted by Gasteiger charge is -2.30. The van der Waals surface area contributed by atoms with Crippen LogP contribution >= 0.6 is 15.9 Å². The van der Waals surface area contributed by atoms with Crippen molar-refractivity contribution in [2.45, 2.75) is 25.5 Å². The van der Waals surface area contributed by atoms with Crippen LogP contribution in [0.2, 0.25) is 0 Å². The Hall–Kier alpha value is -0.780. The summed E-state index contributed by atoms with van der Waals surface area (Å²) in [6.45, 7) is 2.72. The lowest BCUT2D eigenvalue weighted by molar-refractivity contribution is 0.0791. The monoisotopic (exact) mass is 329 g/mol. The summed E-state index contributed by atoms with van der Waals surface area (Å²) in [5.74, 6) is 1.46. The number of piperidine rings is 1. The number of aliphatic hydroxyl groups excluding tert-OH is 1. The Bertz CT molecular complexity index is 431. The van der Waals surface area contributed by atoms with Gasteiger partial charge in [0.1, 0.15) is 0 Å². The van der Waals surface area contributed by atoms with Crippen LogP contribution in [0.3, 0.4) is 0 Å². The molecule has 5 heteroatoms. The van der Waals surface area contributed by atoms with Gasteiger partial charge in [0.2, 0.25) is 0 Å². The van der Waals surface area contributed by atoms with Gasteiger partial charge in [-0.1, -0.05) is 6.07 Å². The van der Waals surface area contributed by atoms with Crippen LogP contribution < -0.4 is 9.47 Å². The van der Waals surface area contributed by atoms with Crippen LogP contribution in [0.15, 0.2) is 16.6 Å². The molecule has 19 heavy (non-hydrogen) atoms. The molecule has 0 unspecified atom stereocenters. The normalized spacial score (nSPS) is 17.5. The maximum Gasteiger partial charge on any atom is 0.175 e. The van der Waals surface area contributed by atoms with E-state index in [0.717, 1.165) is 48.4 Å². The highest BCUT2D eigenvalue weighted by atomic mass is 79.9. The predicted octanol–water partition coefficient (Wildman–Crippen LogP) is 2.42. The number of benzene rings is 1. The van der Waals surface area contributed by atoms with Crippen molar-refractivity contribution in [3.8, 4) is 11.5 Å². The average Bonchev–Trinajstić information content (AvgIpc) is 2.43. The molecule has 106 valence electrons. The van der Waals surface area contributed by atoms with E-state index in [9.17, 15) is 5.11 Å². The molecule has 1 fully saturated rings. The average molecular weight is 330 g/mol. The van der Waals surface area contributed by atoms with E-state index >= 15 is 0 Å². The van der Waals surface area contributed by atoms with Crippen LogP contribution in [0, 0.1) is 0 Å². The van der Waals surface area contributed by atoms with Crippen LogP contribution in [-0.4, -0.2) is 43.4 Å². The molecule has 4 nitrogen and oxygen atoms in total. The quantitative estimate of drug-likeness (QED) is 0.921. The topological polar surface area (TPSA) is 41.9 Å². The number of likely N-dealkylation sites (tertiary alicyclic amines) is 1. The van der Waals surface area contributed by atoms with Gasteiger partial charge in [0.15, 0.2) is 11.5 Å². The van der Waals surface area contributed by atoms with Gasteiger partial charge in [-0.15, -0.1) is 0 Å². The minimum atomic E-state index is -0.134. The molecule has 0 atom stereocenters. The summed E-state index contributed by atoms with van der Waals surface area (Å²) in [6, 6.07) is 3.98. The van der Waals surface area contributed by atoms with E-state index in [-0.39, 0.29) is 6.10 Å². The number of hydrogen-bond acceptors (Lipinski definition) is 4. The van der Waals surface area contributed by atoms with Crippen molar-refractivity contribution in [3.63, 3.8) is 0 Å². The maximum absolute atomic E-state index is 9.53. The number of hydrogen-bond donors (Lipinski definition) is 1. The Balaban J connectivity index is 2.12. The zero-order chi connectivity index (χ0) is 13.8. The molecule has 1 N–H and O–H groups in total. The van der Waals surface area contributed by atoms with Crippen LogP contribution in [0.25, 0.3) is 0 Å². The first-order valence-electron chi connectivity index (χ1n) is 6.45. The smallest absolute Gasteiger partial charge is 0.175 e. The molecule has 1 aromatic carbocycles. The molecule has 0 bridgehead atoms. The molecular weight excluding hydrogens is 310 g/mol. The Labute approximate surface area is 122 Å². The second-order valence-electron chi connectivity index (χ2n) is 4.78. The highest BCUT2D eigenvalue weighted by Gasteiger charge is 2.19. The number of aliphatic hydroxyl groups is 1. The molecule has 0 spiro atoms. The SMILES string of the molecule is COc1ccc(CN2CCC(O)CC2)c(Br)c1OC. The lowest BCUT2D eigenvalue weighted by Crippen LogP contribution is -2.35. The molecule has 1 aliphatic rings. The van der Waals surface area contributed by atoms with Gasteiger partial charge < -0.3 is 14.6 Å². The molecule has 0 aliphatic carbocycles. The number of rotatable bonds is 4. The molecule has 0 saturated carbocycles. The number of ether oxygens (including phenoxy) is 2. The van der Waals surface area contributed by atoms with Crippen LogP contribution in [-0.2, 0) is 6.54 Å². The van der Waals surface area contributed by atoms with Gasteiger partial charge in [-0.25, -0.2) is 0 Å². The van der Waals surface area contributed by atoms with Crippen molar-refractivity contribution in [2.75, 3.05) is 27.3 Å². The highest BCUT2D eigenvalue weighted by Crippen LogP contribution is 2.38. The van der Waals surface area contributed by atoms with Crippen molar-refractivity contribution in [2.24, 2.45) is 0 Å². The summed E-state index contributed by atoms with van der Waals surface area (Å²) in [4.78, 5) is 2.35. The standard InChI is InChI=1S/C14H20BrNO3/c1-18-12-4-3-10(13(15)14(12)19-2)9-16-7-5-11(17)6-8-16/h3-4,11,17H,5-9H2,1-2H3. The number of methoxy groups -OCH3 is 2. The van der Waals surface area contributed by atoms with E-state index in [0.29, 0.717) is 0 Å². The summed E-state index contributed by atoms with van der Waals surface area (Å²) in [6.07, 6.45) is 1.57. The molecule has 0 aromatic heterocycles. The first kappa shape index (κ1) is 14.6. The molecule has 2 rings (SSSR count). The van der Waals surface area contributed by atoms with Crippen molar-refractivity contribution < 1.29 is 14.6 Å². The molecular formula is C14H20BrNO3. The lowest BCUT2D eigenvalue weighted by atomic mass is 10.1. The first-order chi connectivity index (χ1) is 9.15. The Kier molecular flexibility index (Phi) is 5.07. The third-order valence-corrected chi connectivity index (χ3v) is 4.39. The van der Waals surface area contributed by atoms with Gasteiger partial charge in [-0.05, 0) is 40.4 Å². The van der Waals surface area contributed by atoms with Crippen LogP contribution in [0.5, 0.6) is 11.5 Å². The van der Waals surface area contributed by atoms with Gasteiger partial charge in [0.25, 0.3) is 0 Å². The number of halogens is 1. The third-order valence-electron chi connectivity index (χ3n) is 3.52. The maximum atomic E-state index is 9.53. The summed E-state index contributed by atoms with van der Waals surface area (Å²) in [5.41, 5.74) is 1.18. The van der Waals surface area contributed by atoms with Gasteiger partial charge in [0.05, 0.1) is 24.8 Å². The van der Waals surface area contributed by atoms with Crippen LogP contribution in [0.1, 0.15) is 18.4 Å². The van der Waals surface area contributed by atoms with Crippen molar-refractivity contribution in [3.05, 3.63) is 22.2 Å². The van der Waals surface area contributed by atoms with E-state index in [1.165, 1.54) is 5.56 Å². The van der Waals surface area contributed by atoms with E-state index in [4.69, 9.17) is 9.47 Å².